The van der Waals surface area contributed by atoms with Gasteiger partial charge in [0.05, 0.1) is 11.0 Å². The molecule has 1 heteroatoms. The van der Waals surface area contributed by atoms with Crippen LogP contribution in [0.5, 0.6) is 0 Å². The summed E-state index contributed by atoms with van der Waals surface area (Å²) in [6.45, 7) is 0. The van der Waals surface area contributed by atoms with Gasteiger partial charge in [0.1, 0.15) is 0 Å². The van der Waals surface area contributed by atoms with Gasteiger partial charge in [0.2, 0.25) is 0 Å². The van der Waals surface area contributed by atoms with Crippen molar-refractivity contribution in [1.82, 2.24) is 4.57 Å². The van der Waals surface area contributed by atoms with Gasteiger partial charge in [-0.05, 0) is 113 Å². The molecule has 0 fully saturated rings. The van der Waals surface area contributed by atoms with E-state index in [1.165, 1.54) is 104 Å². The summed E-state index contributed by atoms with van der Waals surface area (Å²) in [7, 11) is 0. The molecular weight excluding hydrogens is 615 g/mol. The van der Waals surface area contributed by atoms with Gasteiger partial charge in [0, 0.05) is 16.5 Å². The van der Waals surface area contributed by atoms with E-state index in [1.54, 1.807) is 0 Å². The number of aromatic nitrogens is 1. The number of nitrogens with zero attached hydrogens (tertiary/aromatic N) is 1. The maximum absolute atomic E-state index is 2.44. The summed E-state index contributed by atoms with van der Waals surface area (Å²) >= 11 is 0. The number of rotatable bonds is 3. The molecule has 0 atom stereocenters. The molecule has 0 bridgehead atoms. The van der Waals surface area contributed by atoms with Crippen molar-refractivity contribution < 1.29 is 0 Å². The molecule has 1 aromatic heterocycles. The number of para-hydroxylation sites is 2. The van der Waals surface area contributed by atoms with Gasteiger partial charge in [0.25, 0.3) is 0 Å². The van der Waals surface area contributed by atoms with E-state index in [0.29, 0.717) is 0 Å². The Hall–Kier alpha value is -6.70. The van der Waals surface area contributed by atoms with Crippen LogP contribution in [-0.2, 0) is 0 Å². The lowest BCUT2D eigenvalue weighted by atomic mass is 9.85. The molecule has 0 aliphatic carbocycles. The molecule has 11 aromatic rings. The highest BCUT2D eigenvalue weighted by molar-refractivity contribution is 6.39. The number of hydrogen-bond acceptors (Lipinski definition) is 0. The Balaban J connectivity index is 1.24. The lowest BCUT2D eigenvalue weighted by Gasteiger charge is -2.18. The molecule has 0 unspecified atom stereocenters. The lowest BCUT2D eigenvalue weighted by molar-refractivity contribution is 1.18. The van der Waals surface area contributed by atoms with E-state index in [4.69, 9.17) is 0 Å². The van der Waals surface area contributed by atoms with Crippen LogP contribution in [0.2, 0.25) is 0 Å². The molecule has 51 heavy (non-hydrogen) atoms. The summed E-state index contributed by atoms with van der Waals surface area (Å²) < 4.78 is 2.40. The molecule has 10 aromatic carbocycles. The van der Waals surface area contributed by atoms with Crippen molar-refractivity contribution in [3.05, 3.63) is 188 Å². The summed E-state index contributed by atoms with van der Waals surface area (Å²) in [6, 6.07) is 69.2. The highest BCUT2D eigenvalue weighted by atomic mass is 15.0. The second-order valence-electron chi connectivity index (χ2n) is 13.6. The largest absolute Gasteiger partial charge is 0.309 e. The first-order valence-electron chi connectivity index (χ1n) is 17.7. The van der Waals surface area contributed by atoms with Gasteiger partial charge in [-0.1, -0.05) is 152 Å². The zero-order chi connectivity index (χ0) is 33.5. The lowest BCUT2D eigenvalue weighted by Crippen LogP contribution is -1.93. The Morgan fingerprint density at radius 2 is 0.745 bits per heavy atom. The van der Waals surface area contributed by atoms with E-state index in [1.807, 2.05) is 0 Å². The summed E-state index contributed by atoms with van der Waals surface area (Å²) in [4.78, 5) is 0. The van der Waals surface area contributed by atoms with Gasteiger partial charge in [0.15, 0.2) is 0 Å². The zero-order valence-electron chi connectivity index (χ0n) is 27.8. The quantitative estimate of drug-likeness (QED) is 0.169. The van der Waals surface area contributed by atoms with Gasteiger partial charge < -0.3 is 4.57 Å². The molecular formula is C50H31N. The molecule has 0 saturated carbocycles. The Bertz CT molecular complexity index is 3170. The fourth-order valence-corrected chi connectivity index (χ4v) is 8.76. The summed E-state index contributed by atoms with van der Waals surface area (Å²) in [5.41, 5.74) is 8.57. The summed E-state index contributed by atoms with van der Waals surface area (Å²) in [5.74, 6) is 0. The molecule has 1 heterocycles. The van der Waals surface area contributed by atoms with E-state index >= 15 is 0 Å². The van der Waals surface area contributed by atoms with Crippen LogP contribution < -0.4 is 0 Å². The topological polar surface area (TPSA) is 4.93 Å². The predicted octanol–water partition coefficient (Wildman–Crippen LogP) is 13.9. The van der Waals surface area contributed by atoms with E-state index < -0.39 is 0 Å². The fraction of sp³-hybridized carbons (Fsp3) is 0. The summed E-state index contributed by atoms with van der Waals surface area (Å²) in [5, 5.41) is 15.5. The van der Waals surface area contributed by atoms with Crippen molar-refractivity contribution in [3.8, 4) is 27.9 Å². The van der Waals surface area contributed by atoms with Crippen molar-refractivity contribution in [2.75, 3.05) is 0 Å². The highest BCUT2D eigenvalue weighted by Crippen LogP contribution is 2.46. The summed E-state index contributed by atoms with van der Waals surface area (Å²) in [6.07, 6.45) is 0. The van der Waals surface area contributed by atoms with Crippen LogP contribution in [0.4, 0.5) is 0 Å². The molecule has 0 saturated heterocycles. The van der Waals surface area contributed by atoms with E-state index in [9.17, 15) is 0 Å². The highest BCUT2D eigenvalue weighted by Gasteiger charge is 2.19. The molecule has 0 N–H and O–H groups in total. The Morgan fingerprint density at radius 3 is 1.41 bits per heavy atom. The van der Waals surface area contributed by atoms with Crippen LogP contribution in [0, 0.1) is 0 Å². The molecule has 11 rings (SSSR count). The average molecular weight is 646 g/mol. The Kier molecular flexibility index (Phi) is 6.02. The van der Waals surface area contributed by atoms with E-state index in [2.05, 4.69) is 193 Å². The molecule has 0 spiro atoms. The first-order chi connectivity index (χ1) is 25.3. The Labute approximate surface area is 295 Å². The third-order valence-electron chi connectivity index (χ3n) is 10.9. The van der Waals surface area contributed by atoms with E-state index in [0.717, 1.165) is 0 Å². The maximum Gasteiger partial charge on any atom is 0.0547 e. The Morgan fingerprint density at radius 1 is 0.255 bits per heavy atom. The van der Waals surface area contributed by atoms with Crippen molar-refractivity contribution in [2.45, 2.75) is 0 Å². The molecule has 236 valence electrons. The van der Waals surface area contributed by atoms with Crippen molar-refractivity contribution in [1.29, 1.82) is 0 Å². The monoisotopic (exact) mass is 645 g/mol. The predicted molar refractivity (Wildman–Crippen MR) is 219 cm³/mol. The minimum Gasteiger partial charge on any atom is -0.309 e. The first-order valence-corrected chi connectivity index (χ1v) is 17.7. The number of hydrogen-bond donors (Lipinski definition) is 0. The first kappa shape index (κ1) is 28.2. The van der Waals surface area contributed by atoms with Gasteiger partial charge in [-0.2, -0.15) is 0 Å². The molecule has 0 radical (unpaired) electrons. The van der Waals surface area contributed by atoms with Gasteiger partial charge in [-0.25, -0.2) is 0 Å². The molecule has 0 aliphatic rings. The minimum atomic E-state index is 1.17. The molecule has 0 aliphatic heterocycles. The number of fused-ring (bicyclic) bond motifs is 14. The molecule has 1 nitrogen and oxygen atoms in total. The van der Waals surface area contributed by atoms with Crippen LogP contribution in [0.15, 0.2) is 188 Å². The minimum absolute atomic E-state index is 1.17. The standard InChI is InChI=1S/C50H31N/c1-3-14-32(15-4-1)33-26-28-41-44(30-33)37-18-7-9-20-39(37)50-42-29-27-34(31-45(42)38-19-8-10-21-40(38)49(41)50)36-23-13-25-47-48(36)43-22-11-12-24-46(43)51(47)35-16-5-2-6-17-35/h1-31H. The van der Waals surface area contributed by atoms with Crippen LogP contribution in [0.1, 0.15) is 0 Å². The van der Waals surface area contributed by atoms with Crippen molar-refractivity contribution >= 4 is 75.7 Å². The van der Waals surface area contributed by atoms with Crippen LogP contribution in [0.3, 0.4) is 0 Å². The van der Waals surface area contributed by atoms with Crippen LogP contribution in [0.25, 0.3) is 104 Å². The van der Waals surface area contributed by atoms with Crippen LogP contribution in [-0.4, -0.2) is 4.57 Å². The smallest absolute Gasteiger partial charge is 0.0547 e. The van der Waals surface area contributed by atoms with Gasteiger partial charge >= 0.3 is 0 Å². The van der Waals surface area contributed by atoms with Crippen molar-refractivity contribution in [3.63, 3.8) is 0 Å². The van der Waals surface area contributed by atoms with Crippen LogP contribution >= 0.6 is 0 Å². The number of benzene rings is 10. The second-order valence-corrected chi connectivity index (χ2v) is 13.6. The molecule has 0 amide bonds. The fourth-order valence-electron chi connectivity index (χ4n) is 8.76. The third-order valence-corrected chi connectivity index (χ3v) is 10.9. The second kappa shape index (κ2) is 10.9. The maximum atomic E-state index is 2.44. The van der Waals surface area contributed by atoms with Gasteiger partial charge in [-0.3, -0.25) is 0 Å². The SMILES string of the molecule is c1ccc(-c2ccc3c(c2)c2ccccc2c2c4ccc(-c5cccc6c5c5ccccc5n6-c5ccccc5)cc4c4ccccc4c32)cc1. The third kappa shape index (κ3) is 4.09. The normalized spacial score (nSPS) is 11.9. The zero-order valence-corrected chi connectivity index (χ0v) is 27.8. The van der Waals surface area contributed by atoms with E-state index in [-0.39, 0.29) is 0 Å². The average Bonchev–Trinajstić information content (AvgIpc) is 3.55. The van der Waals surface area contributed by atoms with Gasteiger partial charge in [-0.15, -0.1) is 0 Å². The van der Waals surface area contributed by atoms with Crippen molar-refractivity contribution in [2.24, 2.45) is 0 Å².